The summed E-state index contributed by atoms with van der Waals surface area (Å²) in [4.78, 5) is 4.72. The lowest BCUT2D eigenvalue weighted by atomic mass is 10.1. The number of benzene rings is 3. The summed E-state index contributed by atoms with van der Waals surface area (Å²) in [5.74, 6) is 8.28. The number of oxazole rings is 1. The molecule has 0 aliphatic carbocycles. The average molecular weight is 452 g/mol. The maximum absolute atomic E-state index is 6.43. The highest BCUT2D eigenvalue weighted by molar-refractivity contribution is 6.74. The molecule has 0 atom stereocenters. The Labute approximate surface area is 197 Å². The third kappa shape index (κ3) is 5.27. The molecule has 1 aromatic heterocycles. The molecule has 0 aliphatic heterocycles. The van der Waals surface area contributed by atoms with Crippen LogP contribution in [0.15, 0.2) is 89.3 Å². The Morgan fingerprint density at radius 2 is 1.42 bits per heavy atom. The maximum atomic E-state index is 6.43. The summed E-state index contributed by atoms with van der Waals surface area (Å²) in [6, 6.07) is 28.0. The molecule has 3 aromatic carbocycles. The first kappa shape index (κ1) is 22.6. The van der Waals surface area contributed by atoms with Gasteiger partial charge in [-0.3, -0.25) is 0 Å². The van der Waals surface area contributed by atoms with Crippen LogP contribution in [0, 0.1) is 11.8 Å². The van der Waals surface area contributed by atoms with Crippen LogP contribution in [0.5, 0.6) is 5.75 Å². The molecule has 4 heteroatoms. The normalized spacial score (nSPS) is 11.5. The Hall–Kier alpha value is -3.55. The zero-order valence-corrected chi connectivity index (χ0v) is 20.8. The predicted molar refractivity (Wildman–Crippen MR) is 138 cm³/mol. The van der Waals surface area contributed by atoms with Gasteiger partial charge in [0, 0.05) is 16.7 Å². The van der Waals surface area contributed by atoms with E-state index in [1.54, 1.807) is 0 Å². The molecular weight excluding hydrogens is 422 g/mol. The minimum Gasteiger partial charge on any atom is -0.543 e. The summed E-state index contributed by atoms with van der Waals surface area (Å²) in [7, 11) is -1.91. The number of hydrogen-bond donors (Lipinski definition) is 0. The SMILES string of the molecule is CC(C)(C)[Si](C)(C)Oc1cccc(C#Cc2nc(-c3ccccc3)c(-c3ccccc3)o2)c1. The molecule has 0 spiro atoms. The molecule has 0 aliphatic rings. The van der Waals surface area contributed by atoms with E-state index in [1.165, 1.54) is 0 Å². The first-order valence-electron chi connectivity index (χ1n) is 11.2. The second kappa shape index (κ2) is 9.13. The van der Waals surface area contributed by atoms with Crippen LogP contribution in [-0.4, -0.2) is 13.3 Å². The Morgan fingerprint density at radius 1 is 0.788 bits per heavy atom. The number of aromatic nitrogens is 1. The zero-order chi connectivity index (χ0) is 23.5. The van der Waals surface area contributed by atoms with E-state index >= 15 is 0 Å². The molecule has 0 saturated carbocycles. The van der Waals surface area contributed by atoms with Crippen molar-refractivity contribution in [1.29, 1.82) is 0 Å². The summed E-state index contributed by atoms with van der Waals surface area (Å²) in [6.45, 7) is 11.2. The van der Waals surface area contributed by atoms with E-state index in [9.17, 15) is 0 Å². The van der Waals surface area contributed by atoms with Gasteiger partial charge in [0.15, 0.2) is 5.76 Å². The van der Waals surface area contributed by atoms with E-state index in [2.05, 4.69) is 45.7 Å². The number of nitrogens with zero attached hydrogens (tertiary/aromatic N) is 1. The minimum atomic E-state index is -1.91. The lowest BCUT2D eigenvalue weighted by Gasteiger charge is -2.36. The molecular formula is C29H29NO2Si. The molecule has 0 bridgehead atoms. The maximum Gasteiger partial charge on any atom is 0.274 e. The molecule has 0 radical (unpaired) electrons. The van der Waals surface area contributed by atoms with Gasteiger partial charge in [0.25, 0.3) is 5.89 Å². The van der Waals surface area contributed by atoms with E-state index in [0.717, 1.165) is 33.9 Å². The predicted octanol–water partition coefficient (Wildman–Crippen LogP) is 7.79. The number of hydrogen-bond acceptors (Lipinski definition) is 3. The smallest absolute Gasteiger partial charge is 0.274 e. The Kier molecular flexibility index (Phi) is 6.26. The van der Waals surface area contributed by atoms with Gasteiger partial charge in [-0.05, 0) is 42.3 Å². The van der Waals surface area contributed by atoms with Crippen molar-refractivity contribution in [3.8, 4) is 40.2 Å². The first-order chi connectivity index (χ1) is 15.7. The van der Waals surface area contributed by atoms with Crippen LogP contribution in [0.3, 0.4) is 0 Å². The van der Waals surface area contributed by atoms with E-state index in [4.69, 9.17) is 13.8 Å². The van der Waals surface area contributed by atoms with Gasteiger partial charge in [-0.1, -0.05) is 93.4 Å². The van der Waals surface area contributed by atoms with Crippen LogP contribution < -0.4 is 4.43 Å². The van der Waals surface area contributed by atoms with Crippen LogP contribution in [0.25, 0.3) is 22.6 Å². The topological polar surface area (TPSA) is 35.3 Å². The van der Waals surface area contributed by atoms with Gasteiger partial charge in [0.1, 0.15) is 11.4 Å². The highest BCUT2D eigenvalue weighted by Crippen LogP contribution is 2.37. The average Bonchev–Trinajstić information content (AvgIpc) is 3.23. The molecule has 1 heterocycles. The van der Waals surface area contributed by atoms with Crippen LogP contribution in [-0.2, 0) is 0 Å². The van der Waals surface area contributed by atoms with E-state index < -0.39 is 8.32 Å². The van der Waals surface area contributed by atoms with E-state index in [0.29, 0.717) is 5.89 Å². The minimum absolute atomic E-state index is 0.133. The fourth-order valence-corrected chi connectivity index (χ4v) is 4.18. The Bertz CT molecular complexity index is 1230. The fourth-order valence-electron chi connectivity index (χ4n) is 3.16. The van der Waals surface area contributed by atoms with Crippen molar-refractivity contribution < 1.29 is 8.84 Å². The van der Waals surface area contributed by atoms with Crippen LogP contribution >= 0.6 is 0 Å². The second-order valence-corrected chi connectivity index (χ2v) is 14.3. The summed E-state index contributed by atoms with van der Waals surface area (Å²) in [5.41, 5.74) is 3.63. The third-order valence-electron chi connectivity index (χ3n) is 6.04. The number of rotatable bonds is 4. The van der Waals surface area contributed by atoms with Gasteiger partial charge in [0.05, 0.1) is 0 Å². The van der Waals surface area contributed by atoms with Gasteiger partial charge in [-0.15, -0.1) is 0 Å². The molecule has 3 nitrogen and oxygen atoms in total. The van der Waals surface area contributed by atoms with Gasteiger partial charge < -0.3 is 8.84 Å². The van der Waals surface area contributed by atoms with Gasteiger partial charge in [-0.2, -0.15) is 0 Å². The molecule has 166 valence electrons. The molecule has 0 N–H and O–H groups in total. The van der Waals surface area contributed by atoms with Crippen LogP contribution in [0.1, 0.15) is 32.2 Å². The van der Waals surface area contributed by atoms with Gasteiger partial charge >= 0.3 is 0 Å². The van der Waals surface area contributed by atoms with Crippen LogP contribution in [0.2, 0.25) is 18.1 Å². The van der Waals surface area contributed by atoms with Crippen molar-refractivity contribution in [1.82, 2.24) is 4.98 Å². The highest BCUT2D eigenvalue weighted by Gasteiger charge is 2.38. The lowest BCUT2D eigenvalue weighted by molar-refractivity contribution is 0.492. The lowest BCUT2D eigenvalue weighted by Crippen LogP contribution is -2.43. The van der Waals surface area contributed by atoms with Crippen LogP contribution in [0.4, 0.5) is 0 Å². The molecule has 0 saturated heterocycles. The zero-order valence-electron chi connectivity index (χ0n) is 19.8. The second-order valence-electron chi connectivity index (χ2n) is 9.57. The van der Waals surface area contributed by atoms with Crippen molar-refractivity contribution in [2.45, 2.75) is 38.9 Å². The first-order valence-corrected chi connectivity index (χ1v) is 14.1. The van der Waals surface area contributed by atoms with Crippen molar-refractivity contribution in [2.75, 3.05) is 0 Å². The Morgan fingerprint density at radius 3 is 2.06 bits per heavy atom. The molecule has 4 aromatic rings. The standard InChI is InChI=1S/C29H29NO2Si/c1-29(2,3)33(4,5)32-25-18-12-13-22(21-25)19-20-26-30-27(23-14-8-6-9-15-23)28(31-26)24-16-10-7-11-17-24/h6-18,21H,1-5H3. The molecule has 0 amide bonds. The quantitative estimate of drug-likeness (QED) is 0.235. The van der Waals surface area contributed by atoms with Crippen molar-refractivity contribution >= 4 is 8.32 Å². The molecule has 0 fully saturated rings. The Balaban J connectivity index is 1.67. The fraction of sp³-hybridized carbons (Fsp3) is 0.207. The van der Waals surface area contributed by atoms with Crippen molar-refractivity contribution in [3.63, 3.8) is 0 Å². The van der Waals surface area contributed by atoms with E-state index in [-0.39, 0.29) is 5.04 Å². The van der Waals surface area contributed by atoms with Crippen molar-refractivity contribution in [2.24, 2.45) is 0 Å². The summed E-state index contributed by atoms with van der Waals surface area (Å²) >= 11 is 0. The molecule has 0 unspecified atom stereocenters. The molecule has 4 rings (SSSR count). The third-order valence-corrected chi connectivity index (χ3v) is 10.4. The summed E-state index contributed by atoms with van der Waals surface area (Å²) in [5, 5.41) is 0.133. The largest absolute Gasteiger partial charge is 0.543 e. The van der Waals surface area contributed by atoms with Crippen molar-refractivity contribution in [3.05, 3.63) is 96.4 Å². The summed E-state index contributed by atoms with van der Waals surface area (Å²) < 4.78 is 12.6. The summed E-state index contributed by atoms with van der Waals surface area (Å²) in [6.07, 6.45) is 0. The molecule has 33 heavy (non-hydrogen) atoms. The van der Waals surface area contributed by atoms with Gasteiger partial charge in [-0.25, -0.2) is 4.98 Å². The monoisotopic (exact) mass is 451 g/mol. The highest BCUT2D eigenvalue weighted by atomic mass is 28.4. The van der Waals surface area contributed by atoms with Gasteiger partial charge in [0.2, 0.25) is 8.32 Å². The van der Waals surface area contributed by atoms with E-state index in [1.807, 2.05) is 84.9 Å².